The van der Waals surface area contributed by atoms with Crippen LogP contribution in [0.3, 0.4) is 0 Å². The summed E-state index contributed by atoms with van der Waals surface area (Å²) in [4.78, 5) is 18.3. The number of rotatable bonds is 10. The van der Waals surface area contributed by atoms with E-state index in [2.05, 4.69) is 6.07 Å². The molecular weight excluding hydrogens is 531 g/mol. The molecule has 38 heavy (non-hydrogen) atoms. The van der Waals surface area contributed by atoms with E-state index in [0.29, 0.717) is 34.9 Å². The standard InChI is InChI=1S/C29H26F3NO3S2/c1-19-16-24(14-10-20(19)11-15-27(34)35-2)37-18-26-25(17-36-23-6-4-3-5-7-23)33-28(38-26)21-8-12-22(13-9-21)29(30,31)32/h3-10,12-14,16H,11,15,17-18H2,1-2H3. The number of nitrogens with zero attached hydrogens (tertiary/aromatic N) is 1. The molecule has 0 radical (unpaired) electrons. The van der Waals surface area contributed by atoms with E-state index in [1.54, 1.807) is 11.8 Å². The molecule has 4 rings (SSSR count). The molecule has 0 bridgehead atoms. The lowest BCUT2D eigenvalue weighted by Crippen LogP contribution is -2.04. The molecule has 3 aromatic carbocycles. The lowest BCUT2D eigenvalue weighted by molar-refractivity contribution is -0.140. The molecule has 0 unspecified atom stereocenters. The highest BCUT2D eigenvalue weighted by Gasteiger charge is 2.30. The van der Waals surface area contributed by atoms with Crippen molar-refractivity contribution in [2.24, 2.45) is 0 Å². The van der Waals surface area contributed by atoms with Gasteiger partial charge >= 0.3 is 12.1 Å². The maximum Gasteiger partial charge on any atom is 0.416 e. The van der Waals surface area contributed by atoms with E-state index in [0.717, 1.165) is 38.7 Å². The Morgan fingerprint density at radius 1 is 1.03 bits per heavy atom. The number of benzene rings is 3. The Bertz CT molecular complexity index is 1370. The van der Waals surface area contributed by atoms with Crippen molar-refractivity contribution < 1.29 is 27.4 Å². The second kappa shape index (κ2) is 12.5. The fourth-order valence-corrected chi connectivity index (χ4v) is 5.90. The van der Waals surface area contributed by atoms with Crippen LogP contribution in [-0.2, 0) is 34.5 Å². The zero-order valence-electron chi connectivity index (χ0n) is 20.9. The van der Waals surface area contributed by atoms with Gasteiger partial charge in [-0.05, 0) is 60.9 Å². The van der Waals surface area contributed by atoms with Gasteiger partial charge in [0.2, 0.25) is 0 Å². The predicted molar refractivity (Wildman–Crippen MR) is 144 cm³/mol. The number of methoxy groups -OCH3 is 1. The summed E-state index contributed by atoms with van der Waals surface area (Å²) in [5, 5.41) is 0.648. The number of carbonyl (C=O) groups is 1. The first-order valence-electron chi connectivity index (χ1n) is 11.9. The Morgan fingerprint density at radius 2 is 1.76 bits per heavy atom. The monoisotopic (exact) mass is 557 g/mol. The van der Waals surface area contributed by atoms with Gasteiger partial charge < -0.3 is 9.47 Å². The molecule has 1 heterocycles. The first-order valence-corrected chi connectivity index (χ1v) is 13.7. The fraction of sp³-hybridized carbons (Fsp3) is 0.241. The van der Waals surface area contributed by atoms with Crippen LogP contribution in [0.4, 0.5) is 13.2 Å². The molecule has 0 atom stereocenters. The minimum absolute atomic E-state index is 0.234. The summed E-state index contributed by atoms with van der Waals surface area (Å²) in [6.45, 7) is 2.27. The number of thioether (sulfide) groups is 1. The molecular formula is C29H26F3NO3S2. The van der Waals surface area contributed by atoms with Crippen molar-refractivity contribution in [1.29, 1.82) is 0 Å². The summed E-state index contributed by atoms with van der Waals surface area (Å²) >= 11 is 3.11. The van der Waals surface area contributed by atoms with Crippen LogP contribution in [0.1, 0.15) is 33.7 Å². The van der Waals surface area contributed by atoms with Gasteiger partial charge in [-0.1, -0.05) is 36.4 Å². The Balaban J connectivity index is 1.52. The number of thiazole rings is 1. The lowest BCUT2D eigenvalue weighted by atomic mass is 10.0. The minimum Gasteiger partial charge on any atom is -0.487 e. The lowest BCUT2D eigenvalue weighted by Gasteiger charge is -2.09. The van der Waals surface area contributed by atoms with Crippen LogP contribution in [0.25, 0.3) is 10.6 Å². The normalized spacial score (nSPS) is 11.4. The highest BCUT2D eigenvalue weighted by molar-refractivity contribution is 7.98. The van der Waals surface area contributed by atoms with Crippen LogP contribution >= 0.6 is 23.1 Å². The second-order valence-electron chi connectivity index (χ2n) is 8.52. The van der Waals surface area contributed by atoms with Crippen molar-refractivity contribution in [1.82, 2.24) is 4.98 Å². The number of alkyl halides is 3. The zero-order valence-corrected chi connectivity index (χ0v) is 22.5. The Kier molecular flexibility index (Phi) is 9.12. The summed E-state index contributed by atoms with van der Waals surface area (Å²) in [6.07, 6.45) is -3.43. The van der Waals surface area contributed by atoms with Crippen LogP contribution in [0, 0.1) is 6.92 Å². The van der Waals surface area contributed by atoms with Crippen molar-refractivity contribution in [2.45, 2.75) is 43.2 Å². The molecule has 9 heteroatoms. The van der Waals surface area contributed by atoms with Gasteiger partial charge in [-0.3, -0.25) is 4.79 Å². The molecule has 0 aliphatic carbocycles. The SMILES string of the molecule is COC(=O)CCc1ccc(SCc2sc(-c3ccc(C(F)(F)F)cc3)nc2COc2ccccc2)cc1C. The maximum absolute atomic E-state index is 13.0. The van der Waals surface area contributed by atoms with Gasteiger partial charge in [0.05, 0.1) is 18.4 Å². The van der Waals surface area contributed by atoms with Gasteiger partial charge in [0.1, 0.15) is 17.4 Å². The molecule has 4 aromatic rings. The molecule has 0 aliphatic heterocycles. The number of aromatic nitrogens is 1. The van der Waals surface area contributed by atoms with Crippen molar-refractivity contribution in [3.63, 3.8) is 0 Å². The van der Waals surface area contributed by atoms with Crippen molar-refractivity contribution in [3.05, 3.63) is 100 Å². The average Bonchev–Trinajstić information content (AvgIpc) is 3.33. The Hall–Kier alpha value is -3.30. The van der Waals surface area contributed by atoms with E-state index >= 15 is 0 Å². The van der Waals surface area contributed by atoms with Gasteiger partial charge in [0.25, 0.3) is 0 Å². The van der Waals surface area contributed by atoms with Crippen LogP contribution in [0.5, 0.6) is 5.75 Å². The average molecular weight is 558 g/mol. The molecule has 0 fully saturated rings. The summed E-state index contributed by atoms with van der Waals surface area (Å²) in [7, 11) is 1.39. The number of aryl methyl sites for hydroxylation is 2. The van der Waals surface area contributed by atoms with Crippen LogP contribution in [0.2, 0.25) is 0 Å². The number of carbonyl (C=O) groups excluding carboxylic acids is 1. The maximum atomic E-state index is 13.0. The number of esters is 1. The molecule has 0 saturated heterocycles. The summed E-state index contributed by atoms with van der Waals surface area (Å²) < 4.78 is 49.7. The highest BCUT2D eigenvalue weighted by atomic mass is 32.2. The highest BCUT2D eigenvalue weighted by Crippen LogP contribution is 2.36. The number of halogens is 3. The van der Waals surface area contributed by atoms with E-state index in [4.69, 9.17) is 14.5 Å². The summed E-state index contributed by atoms with van der Waals surface area (Å²) in [5.41, 5.74) is 2.89. The molecule has 198 valence electrons. The van der Waals surface area contributed by atoms with Crippen molar-refractivity contribution in [3.8, 4) is 16.3 Å². The second-order valence-corrected chi connectivity index (χ2v) is 10.7. The van der Waals surface area contributed by atoms with E-state index in [9.17, 15) is 18.0 Å². The van der Waals surface area contributed by atoms with Crippen LogP contribution < -0.4 is 4.74 Å². The van der Waals surface area contributed by atoms with Gasteiger partial charge in [-0.25, -0.2) is 4.98 Å². The Morgan fingerprint density at radius 3 is 2.42 bits per heavy atom. The molecule has 0 amide bonds. The number of para-hydroxylation sites is 1. The topological polar surface area (TPSA) is 48.4 Å². The number of hydrogen-bond donors (Lipinski definition) is 0. The molecule has 0 spiro atoms. The largest absolute Gasteiger partial charge is 0.487 e. The third-order valence-electron chi connectivity index (χ3n) is 5.87. The van der Waals surface area contributed by atoms with Crippen LogP contribution in [0.15, 0.2) is 77.7 Å². The molecule has 0 aliphatic rings. The number of ether oxygens (including phenoxy) is 2. The molecule has 4 nitrogen and oxygen atoms in total. The van der Waals surface area contributed by atoms with Gasteiger partial charge in [-0.15, -0.1) is 23.1 Å². The zero-order chi connectivity index (χ0) is 27.1. The van der Waals surface area contributed by atoms with Crippen molar-refractivity contribution >= 4 is 29.1 Å². The molecule has 0 N–H and O–H groups in total. The first kappa shape index (κ1) is 27.7. The van der Waals surface area contributed by atoms with Crippen molar-refractivity contribution in [2.75, 3.05) is 7.11 Å². The van der Waals surface area contributed by atoms with Gasteiger partial charge in [-0.2, -0.15) is 13.2 Å². The summed E-state index contributed by atoms with van der Waals surface area (Å²) in [5.74, 6) is 1.11. The Labute approximate surface area is 227 Å². The van der Waals surface area contributed by atoms with E-state index < -0.39 is 11.7 Å². The quantitative estimate of drug-likeness (QED) is 0.146. The summed E-state index contributed by atoms with van der Waals surface area (Å²) in [6, 6.07) is 20.6. The third kappa shape index (κ3) is 7.39. The third-order valence-corrected chi connectivity index (χ3v) is 8.22. The molecule has 0 saturated carbocycles. The molecule has 1 aromatic heterocycles. The minimum atomic E-state index is -4.38. The van der Waals surface area contributed by atoms with E-state index in [1.807, 2.05) is 49.4 Å². The van der Waals surface area contributed by atoms with E-state index in [-0.39, 0.29) is 12.6 Å². The first-order chi connectivity index (χ1) is 18.2. The smallest absolute Gasteiger partial charge is 0.416 e. The fourth-order valence-electron chi connectivity index (χ4n) is 3.73. The van der Waals surface area contributed by atoms with Gasteiger partial charge in [0.15, 0.2) is 0 Å². The predicted octanol–water partition coefficient (Wildman–Crippen LogP) is 8.11. The van der Waals surface area contributed by atoms with Gasteiger partial charge in [0, 0.05) is 27.5 Å². The van der Waals surface area contributed by atoms with Crippen LogP contribution in [-0.4, -0.2) is 18.1 Å². The number of hydrogen-bond acceptors (Lipinski definition) is 6. The van der Waals surface area contributed by atoms with E-state index in [1.165, 1.54) is 30.6 Å².